The molecule has 10 heavy (non-hydrogen) atoms. The monoisotopic (exact) mass is 140 g/mol. The highest BCUT2D eigenvalue weighted by molar-refractivity contribution is 5.74. The first-order valence-corrected chi connectivity index (χ1v) is 3.47. The number of hydrogen-bond acceptors (Lipinski definition) is 2. The van der Waals surface area contributed by atoms with Crippen LogP contribution < -0.4 is 5.73 Å². The average Bonchev–Trinajstić information content (AvgIpc) is 1.89. The molecule has 0 aromatic heterocycles. The Balaban J connectivity index is 3.85. The van der Waals surface area contributed by atoms with E-state index in [2.05, 4.69) is 0 Å². The number of hydrogen-bond donors (Lipinski definition) is 1. The van der Waals surface area contributed by atoms with E-state index in [1.807, 2.05) is 20.1 Å². The summed E-state index contributed by atoms with van der Waals surface area (Å²) in [6.07, 6.45) is 3.55. The maximum absolute atomic E-state index is 10.2. The van der Waals surface area contributed by atoms with E-state index < -0.39 is 0 Å². The quantitative estimate of drug-likeness (QED) is 0.596. The van der Waals surface area contributed by atoms with Crippen molar-refractivity contribution in [3.63, 3.8) is 0 Å². The van der Waals surface area contributed by atoms with E-state index in [4.69, 9.17) is 5.73 Å². The van der Waals surface area contributed by atoms with E-state index in [1.165, 1.54) is 0 Å². The molecule has 0 saturated heterocycles. The van der Waals surface area contributed by atoms with Gasteiger partial charge in [-0.3, -0.25) is 4.79 Å². The number of rotatable bonds is 4. The minimum atomic E-state index is 0.637. The highest BCUT2D eigenvalue weighted by atomic mass is 16.1. The Morgan fingerprint density at radius 2 is 2.10 bits per heavy atom. The summed E-state index contributed by atoms with van der Waals surface area (Å²) >= 11 is 0. The van der Waals surface area contributed by atoms with Gasteiger partial charge in [0.15, 0.2) is 0 Å². The van der Waals surface area contributed by atoms with Gasteiger partial charge < -0.3 is 5.73 Å². The predicted molar refractivity (Wildman–Crippen MR) is 42.4 cm³/mol. The first-order valence-electron chi connectivity index (χ1n) is 3.47. The Kier molecular flexibility index (Phi) is 4.85. The molecule has 0 spiro atoms. The summed E-state index contributed by atoms with van der Waals surface area (Å²) in [5.41, 5.74) is 7.09. The van der Waals surface area contributed by atoms with Crippen LogP contribution in [0.3, 0.4) is 0 Å². The SMILES string of the molecule is CC(C)=C([C]=O)CCCN. The molecule has 0 atom stereocenters. The van der Waals surface area contributed by atoms with Crippen molar-refractivity contribution in [2.45, 2.75) is 26.7 Å². The van der Waals surface area contributed by atoms with Crippen LogP contribution >= 0.6 is 0 Å². The summed E-state index contributed by atoms with van der Waals surface area (Å²) in [5, 5.41) is 0. The first-order chi connectivity index (χ1) is 4.72. The smallest absolute Gasteiger partial charge is 0.229 e. The molecule has 2 nitrogen and oxygen atoms in total. The van der Waals surface area contributed by atoms with Crippen LogP contribution in [0.25, 0.3) is 0 Å². The summed E-state index contributed by atoms with van der Waals surface area (Å²) in [6.45, 7) is 4.46. The zero-order valence-electron chi connectivity index (χ0n) is 6.61. The van der Waals surface area contributed by atoms with Gasteiger partial charge in [0.1, 0.15) is 0 Å². The van der Waals surface area contributed by atoms with Crippen molar-refractivity contribution in [3.8, 4) is 0 Å². The Hall–Kier alpha value is -0.630. The van der Waals surface area contributed by atoms with Crippen molar-refractivity contribution >= 4 is 6.29 Å². The van der Waals surface area contributed by atoms with Gasteiger partial charge >= 0.3 is 0 Å². The van der Waals surface area contributed by atoms with Crippen LogP contribution in [0.5, 0.6) is 0 Å². The summed E-state index contributed by atoms with van der Waals surface area (Å²) < 4.78 is 0. The zero-order chi connectivity index (χ0) is 7.98. The molecular formula is C8H14NO. The predicted octanol–water partition coefficient (Wildman–Crippen LogP) is 1.17. The summed E-state index contributed by atoms with van der Waals surface area (Å²) in [5.74, 6) is 0. The van der Waals surface area contributed by atoms with Crippen LogP contribution in [0.15, 0.2) is 11.1 Å². The fraction of sp³-hybridized carbons (Fsp3) is 0.625. The lowest BCUT2D eigenvalue weighted by Gasteiger charge is -1.98. The van der Waals surface area contributed by atoms with Crippen molar-refractivity contribution < 1.29 is 4.79 Å². The van der Waals surface area contributed by atoms with Crippen molar-refractivity contribution in [2.75, 3.05) is 6.54 Å². The molecule has 0 fully saturated rings. The molecule has 0 bridgehead atoms. The van der Waals surface area contributed by atoms with Gasteiger partial charge in [0.2, 0.25) is 6.29 Å². The molecule has 0 saturated carbocycles. The molecule has 0 aromatic rings. The topological polar surface area (TPSA) is 43.1 Å². The van der Waals surface area contributed by atoms with E-state index in [9.17, 15) is 4.79 Å². The van der Waals surface area contributed by atoms with Crippen LogP contribution in [-0.2, 0) is 4.79 Å². The lowest BCUT2D eigenvalue weighted by molar-refractivity contribution is 0.559. The Morgan fingerprint density at radius 1 is 1.50 bits per heavy atom. The van der Waals surface area contributed by atoms with E-state index >= 15 is 0 Å². The lowest BCUT2D eigenvalue weighted by atomic mass is 10.1. The molecule has 57 valence electrons. The zero-order valence-corrected chi connectivity index (χ0v) is 6.61. The van der Waals surface area contributed by atoms with Gasteiger partial charge in [0.25, 0.3) is 0 Å². The Bertz CT molecular complexity index is 134. The fourth-order valence-corrected chi connectivity index (χ4v) is 0.682. The molecule has 0 aromatic carbocycles. The number of nitrogens with two attached hydrogens (primary N) is 1. The second-order valence-corrected chi connectivity index (χ2v) is 2.47. The highest BCUT2D eigenvalue weighted by Crippen LogP contribution is 2.06. The Labute approximate surface area is 62.1 Å². The minimum absolute atomic E-state index is 0.637. The molecular weight excluding hydrogens is 126 g/mol. The van der Waals surface area contributed by atoms with Gasteiger partial charge in [0, 0.05) is 5.57 Å². The summed E-state index contributed by atoms with van der Waals surface area (Å²) in [7, 11) is 0. The van der Waals surface area contributed by atoms with Crippen LogP contribution in [0, 0.1) is 0 Å². The lowest BCUT2D eigenvalue weighted by Crippen LogP contribution is -2.00. The van der Waals surface area contributed by atoms with Crippen LogP contribution in [-0.4, -0.2) is 12.8 Å². The van der Waals surface area contributed by atoms with Gasteiger partial charge in [-0.25, -0.2) is 0 Å². The highest BCUT2D eigenvalue weighted by Gasteiger charge is 1.96. The van der Waals surface area contributed by atoms with Crippen LogP contribution in [0.1, 0.15) is 26.7 Å². The average molecular weight is 140 g/mol. The summed E-state index contributed by atoms with van der Waals surface area (Å²) in [6, 6.07) is 0. The standard InChI is InChI=1S/C8H14NO/c1-7(2)8(6-10)4-3-5-9/h3-5,9H2,1-2H3. The van der Waals surface area contributed by atoms with Gasteiger partial charge in [-0.05, 0) is 33.2 Å². The molecule has 0 aliphatic carbocycles. The molecule has 2 heteroatoms. The van der Waals surface area contributed by atoms with Gasteiger partial charge in [-0.2, -0.15) is 0 Å². The molecule has 0 heterocycles. The van der Waals surface area contributed by atoms with E-state index in [0.717, 1.165) is 24.0 Å². The van der Waals surface area contributed by atoms with Gasteiger partial charge in [0.05, 0.1) is 0 Å². The normalized spacial score (nSPS) is 9.10. The number of allylic oxidation sites excluding steroid dienone is 2. The maximum Gasteiger partial charge on any atom is 0.229 e. The van der Waals surface area contributed by atoms with E-state index in [1.54, 1.807) is 0 Å². The van der Waals surface area contributed by atoms with Gasteiger partial charge in [-0.15, -0.1) is 0 Å². The molecule has 0 rings (SSSR count). The summed E-state index contributed by atoms with van der Waals surface area (Å²) in [4.78, 5) is 10.2. The largest absolute Gasteiger partial charge is 0.330 e. The Morgan fingerprint density at radius 3 is 2.40 bits per heavy atom. The third-order valence-electron chi connectivity index (χ3n) is 1.36. The molecule has 0 unspecified atom stereocenters. The second kappa shape index (κ2) is 5.18. The molecule has 2 N–H and O–H groups in total. The van der Waals surface area contributed by atoms with E-state index in [0.29, 0.717) is 6.54 Å². The third kappa shape index (κ3) is 3.41. The first kappa shape index (κ1) is 9.37. The van der Waals surface area contributed by atoms with Crippen molar-refractivity contribution in [2.24, 2.45) is 5.73 Å². The molecule has 0 aliphatic heterocycles. The molecule has 0 amide bonds. The third-order valence-corrected chi connectivity index (χ3v) is 1.36. The van der Waals surface area contributed by atoms with Crippen molar-refractivity contribution in [3.05, 3.63) is 11.1 Å². The second-order valence-electron chi connectivity index (χ2n) is 2.47. The van der Waals surface area contributed by atoms with E-state index in [-0.39, 0.29) is 0 Å². The van der Waals surface area contributed by atoms with Crippen LogP contribution in [0.4, 0.5) is 0 Å². The van der Waals surface area contributed by atoms with Crippen molar-refractivity contribution in [1.82, 2.24) is 0 Å². The fourth-order valence-electron chi connectivity index (χ4n) is 0.682. The minimum Gasteiger partial charge on any atom is -0.330 e. The van der Waals surface area contributed by atoms with Gasteiger partial charge in [-0.1, -0.05) is 5.57 Å². The van der Waals surface area contributed by atoms with Crippen molar-refractivity contribution in [1.29, 1.82) is 0 Å². The maximum atomic E-state index is 10.2. The van der Waals surface area contributed by atoms with Crippen LogP contribution in [0.2, 0.25) is 0 Å². The number of carbonyl (C=O) groups excluding carboxylic acids is 1. The molecule has 0 aliphatic rings. The molecule has 1 radical (unpaired) electrons.